The molecule has 1 aromatic rings. The first-order chi connectivity index (χ1) is 32.1. The highest BCUT2D eigenvalue weighted by molar-refractivity contribution is 8.00. The molecule has 2 unspecified atom stereocenters. The molecule has 5 aliphatic rings. The molecule has 1 aliphatic carbocycles. The molecule has 0 spiro atoms. The Morgan fingerprint density at radius 2 is 1.82 bits per heavy atom. The number of thioether (sulfide) groups is 1. The Balaban J connectivity index is 1.15. The molecule has 4 heterocycles. The lowest BCUT2D eigenvalue weighted by molar-refractivity contribution is -0.162. The van der Waals surface area contributed by atoms with Gasteiger partial charge in [0.1, 0.15) is 30.1 Å². The molecule has 20 heteroatoms. The fourth-order valence-electron chi connectivity index (χ4n) is 9.65. The highest BCUT2D eigenvalue weighted by Crippen LogP contribution is 2.49. The smallest absolute Gasteiger partial charge is 0.409 e. The average molecular weight is 985 g/mol. The second kappa shape index (κ2) is 21.7. The van der Waals surface area contributed by atoms with Gasteiger partial charge < -0.3 is 39.2 Å². The zero-order valence-corrected chi connectivity index (χ0v) is 41.1. The average Bonchev–Trinajstić information content (AvgIpc) is 3.94. The minimum atomic E-state index is -2.04. The summed E-state index contributed by atoms with van der Waals surface area (Å²) in [6.07, 6.45) is 4.26. The summed E-state index contributed by atoms with van der Waals surface area (Å²) in [4.78, 5) is 121. The Bertz CT molecular complexity index is 2250. The summed E-state index contributed by atoms with van der Waals surface area (Å²) >= 11 is 7.89. The fourth-order valence-corrected chi connectivity index (χ4v) is 11.0. The van der Waals surface area contributed by atoms with Gasteiger partial charge in [-0.3, -0.25) is 39.0 Å². The van der Waals surface area contributed by atoms with Gasteiger partial charge in [-0.1, -0.05) is 42.3 Å². The summed E-state index contributed by atoms with van der Waals surface area (Å²) in [5, 5.41) is 16.2. The number of ether oxygens (including phenoxy) is 3. The number of aldehydes is 2. The molecule has 6 amide bonds. The summed E-state index contributed by atoms with van der Waals surface area (Å²) in [7, 11) is 4.51. The summed E-state index contributed by atoms with van der Waals surface area (Å²) in [5.41, 5.74) is -1.64. The fraction of sp³-hybridized carbons (Fsp3) is 0.604. The van der Waals surface area contributed by atoms with E-state index in [1.165, 1.54) is 53.6 Å². The van der Waals surface area contributed by atoms with E-state index in [1.54, 1.807) is 45.2 Å². The molecule has 370 valence electrons. The van der Waals surface area contributed by atoms with Crippen LogP contribution in [0.1, 0.15) is 95.0 Å². The van der Waals surface area contributed by atoms with Crippen LogP contribution in [-0.4, -0.2) is 143 Å². The van der Waals surface area contributed by atoms with Gasteiger partial charge in [-0.15, -0.1) is 11.8 Å². The van der Waals surface area contributed by atoms with Crippen molar-refractivity contribution in [1.82, 2.24) is 20.4 Å². The molecule has 4 aliphatic heterocycles. The Kier molecular flexibility index (Phi) is 16.7. The van der Waals surface area contributed by atoms with Crippen LogP contribution >= 0.6 is 23.4 Å². The first-order valence-corrected chi connectivity index (χ1v) is 24.4. The molecule has 4 bridgehead atoms. The number of nitrogens with one attached hydrogen (secondary N) is 2. The number of likely N-dealkylation sites (N-methyl/N-ethyl adjacent to an activating group) is 1. The Morgan fingerprint density at radius 3 is 2.49 bits per heavy atom. The number of likely N-dealkylation sites (tertiary alicyclic amines) is 1. The quantitative estimate of drug-likeness (QED) is 0.117. The maximum Gasteiger partial charge on any atom is 0.409 e. The molecule has 0 aromatic heterocycles. The van der Waals surface area contributed by atoms with Crippen LogP contribution < -0.4 is 15.5 Å². The van der Waals surface area contributed by atoms with Crippen LogP contribution in [0.2, 0.25) is 5.02 Å². The molecule has 1 aromatic carbocycles. The van der Waals surface area contributed by atoms with Gasteiger partial charge in [0.05, 0.1) is 34.4 Å². The van der Waals surface area contributed by atoms with Crippen LogP contribution in [0.5, 0.6) is 0 Å². The van der Waals surface area contributed by atoms with E-state index in [2.05, 4.69) is 10.6 Å². The number of nitrogens with zero attached hydrogens (tertiary/aromatic N) is 3. The van der Waals surface area contributed by atoms with Gasteiger partial charge in [0.25, 0.3) is 0 Å². The van der Waals surface area contributed by atoms with Crippen molar-refractivity contribution in [3.05, 3.63) is 52.1 Å². The van der Waals surface area contributed by atoms with E-state index in [0.29, 0.717) is 43.9 Å². The standard InChI is InChI=1S/C48H62ClN5O13S/c1-26-9-8-10-33(25-56)48(64)22-35(65-46(63)51-48)27(2)42-47(4,67-42)37(21-39(58)53(7)34-19-30(17-26)18-32(24-55)41(34)49)66-45(62)28(3)52(6)38(57)15-16-68-36-20-40(59)54(44(36)61)23-29-11-13-31(14-12-29)43(60)50-5/h8-10,18-19,24-25,27-29,31,33,35-37,42,64H,11-17,20-23H2,1-7H3,(H,50,60)(H,51,63)/b10-8+,26-9+/t27-,28+,29?,31?,33+,35?,36?,37+,42+,47+,48+/m1/s1. The van der Waals surface area contributed by atoms with E-state index in [-0.39, 0.29) is 70.8 Å². The van der Waals surface area contributed by atoms with Crippen LogP contribution in [0, 0.1) is 23.7 Å². The van der Waals surface area contributed by atoms with Crippen LogP contribution in [0.15, 0.2) is 35.9 Å². The molecule has 3 saturated heterocycles. The van der Waals surface area contributed by atoms with Gasteiger partial charge in [0.2, 0.25) is 29.5 Å². The van der Waals surface area contributed by atoms with Crippen LogP contribution in [-0.2, 0) is 54.2 Å². The van der Waals surface area contributed by atoms with Crippen LogP contribution in [0.4, 0.5) is 10.5 Å². The van der Waals surface area contributed by atoms with Crippen molar-refractivity contribution in [2.75, 3.05) is 38.3 Å². The predicted octanol–water partition coefficient (Wildman–Crippen LogP) is 3.92. The molecular formula is C48H62ClN5O13S. The number of allylic oxidation sites excluding steroid dienone is 3. The number of esters is 1. The number of rotatable bonds is 12. The number of fused-ring (bicyclic) bond motifs is 5. The lowest BCUT2D eigenvalue weighted by Gasteiger charge is -2.41. The highest BCUT2D eigenvalue weighted by Gasteiger charge is 2.64. The molecule has 0 radical (unpaired) electrons. The second-order valence-electron chi connectivity index (χ2n) is 18.9. The third-order valence-electron chi connectivity index (χ3n) is 14.2. The van der Waals surface area contributed by atoms with E-state index in [0.717, 1.165) is 18.4 Å². The summed E-state index contributed by atoms with van der Waals surface area (Å²) in [5.74, 6) is -4.03. The Morgan fingerprint density at radius 1 is 1.12 bits per heavy atom. The maximum atomic E-state index is 14.3. The SMILES string of the molecule is CNC(=O)C1CCC(CN2C(=O)CC(SCCC(=O)N(C)[C@@H](C)C(=O)O[C@H]3CC(=O)N(C)c4cc(cc(C=O)c4Cl)C/C(C)=C/C=C/[C@@H](C=O)[C@@]4(O)CC(OC(=O)N4)[C@@H](C)[C@@H]4O[C@@]34C)C2=O)CC1. The van der Waals surface area contributed by atoms with E-state index in [1.807, 2.05) is 6.92 Å². The number of carbonyl (C=O) groups is 9. The van der Waals surface area contributed by atoms with Gasteiger partial charge in [-0.25, -0.2) is 9.59 Å². The number of halogens is 1. The molecule has 68 heavy (non-hydrogen) atoms. The molecule has 18 nitrogen and oxygen atoms in total. The number of anilines is 1. The van der Waals surface area contributed by atoms with Gasteiger partial charge in [-0.05, 0) is 76.5 Å². The molecule has 1 saturated carbocycles. The monoisotopic (exact) mass is 983 g/mol. The third-order valence-corrected chi connectivity index (χ3v) is 15.9. The first-order valence-electron chi connectivity index (χ1n) is 23.0. The number of carbonyl (C=O) groups excluding carboxylic acids is 9. The van der Waals surface area contributed by atoms with Gasteiger partial charge in [-0.2, -0.15) is 0 Å². The topological polar surface area (TPSA) is 239 Å². The first kappa shape index (κ1) is 52.3. The van der Waals surface area contributed by atoms with Crippen LogP contribution in [0.3, 0.4) is 0 Å². The molecular weight excluding hydrogens is 922 g/mol. The zero-order chi connectivity index (χ0) is 49.8. The zero-order valence-electron chi connectivity index (χ0n) is 39.5. The molecule has 6 rings (SSSR count). The number of aliphatic hydroxyl groups is 1. The molecule has 9 atom stereocenters. The molecule has 3 N–H and O–H groups in total. The Hall–Kier alpha value is -5.11. The van der Waals surface area contributed by atoms with E-state index in [9.17, 15) is 48.3 Å². The number of amides is 6. The van der Waals surface area contributed by atoms with Crippen LogP contribution in [0.25, 0.3) is 0 Å². The number of hydrogen-bond donors (Lipinski definition) is 3. The van der Waals surface area contributed by atoms with E-state index >= 15 is 0 Å². The predicted molar refractivity (Wildman–Crippen MR) is 250 cm³/mol. The summed E-state index contributed by atoms with van der Waals surface area (Å²) in [6, 6.07) is 2.10. The van der Waals surface area contributed by atoms with Gasteiger partial charge in [0, 0.05) is 70.1 Å². The van der Waals surface area contributed by atoms with Crippen molar-refractivity contribution < 1.29 is 62.5 Å². The summed E-state index contributed by atoms with van der Waals surface area (Å²) < 4.78 is 18.0. The van der Waals surface area contributed by atoms with Crippen molar-refractivity contribution in [2.45, 2.75) is 126 Å². The van der Waals surface area contributed by atoms with Crippen molar-refractivity contribution in [2.24, 2.45) is 23.7 Å². The number of benzene rings is 1. The van der Waals surface area contributed by atoms with Gasteiger partial charge in [0.15, 0.2) is 12.0 Å². The number of hydrogen-bond acceptors (Lipinski definition) is 14. The minimum absolute atomic E-state index is 0.00402. The highest BCUT2D eigenvalue weighted by atomic mass is 35.5. The lowest BCUT2D eigenvalue weighted by Crippen LogP contribution is -2.61. The second-order valence-corrected chi connectivity index (χ2v) is 20.6. The number of epoxide rings is 1. The maximum absolute atomic E-state index is 14.3. The molecule has 4 fully saturated rings. The Labute approximate surface area is 405 Å². The van der Waals surface area contributed by atoms with Crippen molar-refractivity contribution in [1.29, 1.82) is 0 Å². The van der Waals surface area contributed by atoms with Crippen molar-refractivity contribution in [3.8, 4) is 0 Å². The number of alkyl carbamates (subject to hydrolysis) is 1. The van der Waals surface area contributed by atoms with Crippen molar-refractivity contribution >= 4 is 83.2 Å². The normalized spacial score (nSPS) is 32.6. The van der Waals surface area contributed by atoms with E-state index < -0.39 is 83.1 Å². The lowest BCUT2D eigenvalue weighted by atomic mass is 9.81. The van der Waals surface area contributed by atoms with Gasteiger partial charge >= 0.3 is 12.1 Å². The largest absolute Gasteiger partial charge is 0.457 e. The van der Waals surface area contributed by atoms with E-state index in [4.69, 9.17) is 25.8 Å². The van der Waals surface area contributed by atoms with Crippen molar-refractivity contribution in [3.63, 3.8) is 0 Å². The minimum Gasteiger partial charge on any atom is -0.457 e. The summed E-state index contributed by atoms with van der Waals surface area (Å²) in [6.45, 7) is 6.92. The third kappa shape index (κ3) is 11.5. The number of imide groups is 1.